The highest BCUT2D eigenvalue weighted by Crippen LogP contribution is 2.52. The average molecular weight is 669 g/mol. The van der Waals surface area contributed by atoms with E-state index in [0.29, 0.717) is 17.5 Å². The predicted octanol–water partition coefficient (Wildman–Crippen LogP) is 12.0. The number of benzene rings is 6. The number of allylic oxidation sites excluding steroid dienone is 4. The Labute approximate surface area is 303 Å². The predicted molar refractivity (Wildman–Crippen MR) is 214 cm³/mol. The minimum absolute atomic E-state index is 0.184. The van der Waals surface area contributed by atoms with Crippen LogP contribution in [-0.2, 0) is 5.41 Å². The second kappa shape index (κ2) is 11.9. The van der Waals surface area contributed by atoms with Gasteiger partial charge in [-0.1, -0.05) is 147 Å². The molecule has 0 aliphatic heterocycles. The maximum atomic E-state index is 5.25. The largest absolute Gasteiger partial charge is 0.333 e. The molecule has 0 spiro atoms. The normalized spacial score (nSPS) is 15.6. The molecule has 0 bridgehead atoms. The van der Waals surface area contributed by atoms with Gasteiger partial charge in [-0.2, -0.15) is 0 Å². The first kappa shape index (κ1) is 30.4. The summed E-state index contributed by atoms with van der Waals surface area (Å²) in [7, 11) is 0. The molecule has 0 N–H and O–H groups in total. The molecule has 52 heavy (non-hydrogen) atoms. The van der Waals surface area contributed by atoms with E-state index < -0.39 is 0 Å². The quantitative estimate of drug-likeness (QED) is 0.183. The van der Waals surface area contributed by atoms with E-state index in [4.69, 9.17) is 15.0 Å². The van der Waals surface area contributed by atoms with Crippen LogP contribution in [0.15, 0.2) is 164 Å². The van der Waals surface area contributed by atoms with E-state index >= 15 is 0 Å². The number of hydrogen-bond donors (Lipinski definition) is 0. The first-order valence-corrected chi connectivity index (χ1v) is 18.1. The Balaban J connectivity index is 1.26. The molecule has 6 aromatic carbocycles. The fourth-order valence-electron chi connectivity index (χ4n) is 8.39. The van der Waals surface area contributed by atoms with Crippen LogP contribution >= 0.6 is 0 Å². The summed E-state index contributed by atoms with van der Waals surface area (Å²) in [6.07, 6.45) is 9.86. The molecule has 1 atom stereocenters. The van der Waals surface area contributed by atoms with Gasteiger partial charge >= 0.3 is 0 Å². The molecule has 8 aromatic rings. The van der Waals surface area contributed by atoms with Crippen LogP contribution in [0.1, 0.15) is 37.4 Å². The summed E-state index contributed by atoms with van der Waals surface area (Å²) in [5.41, 5.74) is 12.6. The summed E-state index contributed by atoms with van der Waals surface area (Å²) in [4.78, 5) is 15.5. The van der Waals surface area contributed by atoms with Gasteiger partial charge in [0.05, 0.1) is 6.04 Å². The summed E-state index contributed by atoms with van der Waals surface area (Å²) in [6, 6.07) is 50.1. The van der Waals surface area contributed by atoms with E-state index in [0.717, 1.165) is 34.2 Å². The number of aromatic nitrogens is 4. The molecule has 0 saturated carbocycles. The third kappa shape index (κ3) is 4.79. The van der Waals surface area contributed by atoms with Crippen molar-refractivity contribution < 1.29 is 0 Å². The van der Waals surface area contributed by atoms with Crippen molar-refractivity contribution in [2.45, 2.75) is 31.7 Å². The Kier molecular flexibility index (Phi) is 6.94. The summed E-state index contributed by atoms with van der Waals surface area (Å²) >= 11 is 0. The molecular weight excluding hydrogens is 633 g/mol. The zero-order chi connectivity index (χ0) is 34.8. The maximum Gasteiger partial charge on any atom is 0.164 e. The van der Waals surface area contributed by atoms with E-state index in [1.54, 1.807) is 0 Å². The Morgan fingerprint density at radius 1 is 0.500 bits per heavy atom. The van der Waals surface area contributed by atoms with Crippen molar-refractivity contribution >= 4 is 21.8 Å². The minimum Gasteiger partial charge on any atom is -0.333 e. The van der Waals surface area contributed by atoms with Crippen LogP contribution in [0.5, 0.6) is 0 Å². The number of rotatable bonds is 5. The fourth-order valence-corrected chi connectivity index (χ4v) is 8.39. The molecule has 4 nitrogen and oxygen atoms in total. The highest BCUT2D eigenvalue weighted by Gasteiger charge is 2.36. The van der Waals surface area contributed by atoms with Gasteiger partial charge in [0.15, 0.2) is 17.5 Å². The van der Waals surface area contributed by atoms with Crippen molar-refractivity contribution in [3.8, 4) is 56.4 Å². The lowest BCUT2D eigenvalue weighted by molar-refractivity contribution is 0.648. The summed E-state index contributed by atoms with van der Waals surface area (Å²) in [5, 5.41) is 2.50. The van der Waals surface area contributed by atoms with Crippen molar-refractivity contribution in [1.82, 2.24) is 19.5 Å². The Morgan fingerprint density at radius 2 is 1.15 bits per heavy atom. The first-order chi connectivity index (χ1) is 25.5. The van der Waals surface area contributed by atoms with Gasteiger partial charge in [-0.25, -0.2) is 15.0 Å². The third-order valence-electron chi connectivity index (χ3n) is 11.0. The van der Waals surface area contributed by atoms with E-state index in [-0.39, 0.29) is 11.5 Å². The van der Waals surface area contributed by atoms with Gasteiger partial charge in [-0.05, 0) is 70.1 Å². The summed E-state index contributed by atoms with van der Waals surface area (Å²) in [5.74, 6) is 1.98. The molecule has 1 unspecified atom stereocenters. The zero-order valence-corrected chi connectivity index (χ0v) is 29.2. The molecule has 2 aliphatic rings. The second-order valence-corrected chi connectivity index (χ2v) is 14.4. The van der Waals surface area contributed by atoms with Crippen molar-refractivity contribution in [1.29, 1.82) is 0 Å². The van der Waals surface area contributed by atoms with Crippen molar-refractivity contribution in [3.63, 3.8) is 0 Å². The van der Waals surface area contributed by atoms with E-state index in [1.165, 1.54) is 44.1 Å². The van der Waals surface area contributed by atoms with Crippen LogP contribution in [0.25, 0.3) is 78.2 Å². The molecule has 0 radical (unpaired) electrons. The number of hydrogen-bond acceptors (Lipinski definition) is 3. The van der Waals surface area contributed by atoms with Crippen LogP contribution in [0.2, 0.25) is 0 Å². The number of fused-ring (bicyclic) bond motifs is 6. The van der Waals surface area contributed by atoms with Crippen LogP contribution in [-0.4, -0.2) is 19.5 Å². The van der Waals surface area contributed by atoms with Gasteiger partial charge in [0, 0.05) is 43.9 Å². The smallest absolute Gasteiger partial charge is 0.164 e. The maximum absolute atomic E-state index is 5.25. The van der Waals surface area contributed by atoms with Crippen molar-refractivity contribution in [3.05, 3.63) is 175 Å². The second-order valence-electron chi connectivity index (χ2n) is 14.4. The standard InChI is InChI=1S/C48H36N4/c1-48(2)41-24-14-12-22-35(41)38-29-37(33-26-27-44-39(28-33)36-23-13-15-25-43(36)52(44)34-20-10-5-11-21-34)40(30-42(38)48)47-50-45(31-16-6-3-7-17-31)49-46(51-47)32-18-8-4-9-19-32/h3-20,22-30,34H,21H2,1-2H3. The van der Waals surface area contributed by atoms with Crippen molar-refractivity contribution in [2.24, 2.45) is 0 Å². The molecule has 0 saturated heterocycles. The number of nitrogens with zero attached hydrogens (tertiary/aromatic N) is 4. The van der Waals surface area contributed by atoms with Crippen LogP contribution in [0.3, 0.4) is 0 Å². The molecule has 0 amide bonds. The van der Waals surface area contributed by atoms with Crippen LogP contribution in [0, 0.1) is 0 Å². The SMILES string of the molecule is CC1(C)c2ccccc2-c2cc(-c3ccc4c(c3)c3ccccc3n4C3C=CC=CC3)c(-c3nc(-c4ccccc4)nc(-c4ccccc4)n3)cc21. The third-order valence-corrected chi connectivity index (χ3v) is 11.0. The van der Waals surface area contributed by atoms with Gasteiger partial charge in [-0.3, -0.25) is 0 Å². The fraction of sp³-hybridized carbons (Fsp3) is 0.104. The van der Waals surface area contributed by atoms with Crippen molar-refractivity contribution in [2.75, 3.05) is 0 Å². The molecule has 2 heterocycles. The van der Waals surface area contributed by atoms with E-state index in [9.17, 15) is 0 Å². The van der Waals surface area contributed by atoms with Gasteiger partial charge in [0.2, 0.25) is 0 Å². The summed E-state index contributed by atoms with van der Waals surface area (Å²) in [6.45, 7) is 4.66. The van der Waals surface area contributed by atoms with E-state index in [1.807, 2.05) is 36.4 Å². The Bertz CT molecular complexity index is 2680. The molecule has 2 aromatic heterocycles. The minimum atomic E-state index is -0.184. The lowest BCUT2D eigenvalue weighted by atomic mass is 9.81. The Hall–Kier alpha value is -6.39. The molecular formula is C48H36N4. The topological polar surface area (TPSA) is 43.6 Å². The monoisotopic (exact) mass is 668 g/mol. The molecule has 4 heteroatoms. The van der Waals surface area contributed by atoms with E-state index in [2.05, 4.69) is 146 Å². The van der Waals surface area contributed by atoms with Crippen LogP contribution < -0.4 is 0 Å². The summed E-state index contributed by atoms with van der Waals surface area (Å²) < 4.78 is 2.50. The molecule has 10 rings (SSSR count). The van der Waals surface area contributed by atoms with Gasteiger partial charge in [0.25, 0.3) is 0 Å². The van der Waals surface area contributed by atoms with Crippen LogP contribution in [0.4, 0.5) is 0 Å². The zero-order valence-electron chi connectivity index (χ0n) is 29.2. The first-order valence-electron chi connectivity index (χ1n) is 18.1. The van der Waals surface area contributed by atoms with Gasteiger partial charge in [0.1, 0.15) is 0 Å². The highest BCUT2D eigenvalue weighted by molar-refractivity contribution is 6.10. The highest BCUT2D eigenvalue weighted by atomic mass is 15.0. The molecule has 2 aliphatic carbocycles. The number of para-hydroxylation sites is 1. The van der Waals surface area contributed by atoms with Gasteiger partial charge in [-0.15, -0.1) is 0 Å². The Morgan fingerprint density at radius 3 is 1.88 bits per heavy atom. The average Bonchev–Trinajstić information content (AvgIpc) is 3.66. The lowest BCUT2D eigenvalue weighted by Gasteiger charge is -2.23. The lowest BCUT2D eigenvalue weighted by Crippen LogP contribution is -2.15. The molecule has 0 fully saturated rings. The van der Waals surface area contributed by atoms with Gasteiger partial charge < -0.3 is 4.57 Å². The molecule has 248 valence electrons.